The monoisotopic (exact) mass is 878 g/mol. The van der Waals surface area contributed by atoms with E-state index < -0.39 is 46.3 Å². The molecule has 0 aliphatic heterocycles. The van der Waals surface area contributed by atoms with Crippen molar-refractivity contribution in [1.82, 2.24) is 40.6 Å². The molecule has 2 N–H and O–H groups in total. The van der Waals surface area contributed by atoms with Crippen molar-refractivity contribution >= 4 is 23.9 Å². The Morgan fingerprint density at radius 2 is 0.641 bits per heavy atom. The first-order valence-electron chi connectivity index (χ1n) is 21.3. The van der Waals surface area contributed by atoms with Gasteiger partial charge in [-0.05, 0) is 116 Å². The zero-order valence-electron chi connectivity index (χ0n) is 39.1. The molecule has 0 unspecified atom stereocenters. The van der Waals surface area contributed by atoms with Gasteiger partial charge in [-0.2, -0.15) is 0 Å². The number of benzene rings is 3. The van der Waals surface area contributed by atoms with E-state index in [0.29, 0.717) is 26.2 Å². The van der Waals surface area contributed by atoms with E-state index in [9.17, 15) is 19.2 Å². The van der Waals surface area contributed by atoms with Gasteiger partial charge in [0.2, 0.25) is 11.4 Å². The molecule has 0 saturated carbocycles. The Labute approximate surface area is 375 Å². The van der Waals surface area contributed by atoms with Gasteiger partial charge in [0.05, 0.1) is 13.1 Å². The van der Waals surface area contributed by atoms with Crippen molar-refractivity contribution in [1.29, 1.82) is 0 Å². The summed E-state index contributed by atoms with van der Waals surface area (Å²) in [6, 6.07) is 24.3. The van der Waals surface area contributed by atoms with Gasteiger partial charge in [0, 0.05) is 26.2 Å². The average molecular weight is 879 g/mol. The van der Waals surface area contributed by atoms with E-state index in [1.807, 2.05) is 48.5 Å². The number of ether oxygens (including phenoxy) is 4. The molecule has 64 heavy (non-hydrogen) atoms. The van der Waals surface area contributed by atoms with Gasteiger partial charge in [-0.1, -0.05) is 83.2 Å². The van der Waals surface area contributed by atoms with Gasteiger partial charge in [-0.15, -0.1) is 10.2 Å². The Balaban J connectivity index is 1.09. The molecule has 3 aromatic carbocycles. The van der Waals surface area contributed by atoms with Crippen LogP contribution in [0, 0.1) is 0 Å². The van der Waals surface area contributed by atoms with E-state index in [-0.39, 0.29) is 35.9 Å². The first-order chi connectivity index (χ1) is 29.8. The number of carbonyl (C=O) groups excluding carboxylic acids is 4. The van der Waals surface area contributed by atoms with Crippen molar-refractivity contribution in [3.63, 3.8) is 0 Å². The highest BCUT2D eigenvalue weighted by atomic mass is 16.6. The number of esters is 4. The fourth-order valence-electron chi connectivity index (χ4n) is 6.18. The van der Waals surface area contributed by atoms with Gasteiger partial charge in [0.15, 0.2) is 11.4 Å². The smallest absolute Gasteiger partial charge is 0.362 e. The minimum absolute atomic E-state index is 0.0555. The van der Waals surface area contributed by atoms with Crippen LogP contribution in [0.2, 0.25) is 0 Å². The summed E-state index contributed by atoms with van der Waals surface area (Å²) in [6.07, 6.45) is 0. The van der Waals surface area contributed by atoms with Crippen LogP contribution in [-0.2, 0) is 58.2 Å². The number of hydrogen-bond acceptors (Lipinski definition) is 14. The maximum absolute atomic E-state index is 13.2. The first kappa shape index (κ1) is 48.8. The predicted octanol–water partition coefficient (Wildman–Crippen LogP) is 7.37. The molecule has 16 nitrogen and oxygen atoms in total. The van der Waals surface area contributed by atoms with Crippen LogP contribution in [0.5, 0.6) is 0 Å². The molecule has 0 atom stereocenters. The second kappa shape index (κ2) is 20.1. The summed E-state index contributed by atoms with van der Waals surface area (Å²) in [4.78, 5) is 52.2. The molecule has 2 aromatic heterocycles. The van der Waals surface area contributed by atoms with Gasteiger partial charge in [-0.3, -0.25) is 0 Å². The maximum Gasteiger partial charge on any atom is 0.362 e. The van der Waals surface area contributed by atoms with E-state index in [0.717, 1.165) is 33.4 Å². The molecular formula is C48H62N8O8. The minimum Gasteiger partial charge on any atom is -0.455 e. The molecule has 0 aliphatic carbocycles. The van der Waals surface area contributed by atoms with E-state index in [4.69, 9.17) is 18.9 Å². The average Bonchev–Trinajstić information content (AvgIpc) is 3.79. The largest absolute Gasteiger partial charge is 0.455 e. The van der Waals surface area contributed by atoms with E-state index >= 15 is 0 Å². The van der Waals surface area contributed by atoms with Crippen LogP contribution in [0.15, 0.2) is 72.8 Å². The predicted molar refractivity (Wildman–Crippen MR) is 239 cm³/mol. The lowest BCUT2D eigenvalue weighted by Crippen LogP contribution is -2.29. The fourth-order valence-corrected chi connectivity index (χ4v) is 6.18. The third-order valence-electron chi connectivity index (χ3n) is 8.89. The quantitative estimate of drug-likeness (QED) is 0.0738. The summed E-state index contributed by atoms with van der Waals surface area (Å²) in [5.41, 5.74) is 2.58. The lowest BCUT2D eigenvalue weighted by atomic mass is 10.1. The Kier molecular flexibility index (Phi) is 15.3. The Morgan fingerprint density at radius 3 is 0.891 bits per heavy atom. The normalized spacial score (nSPS) is 12.2. The van der Waals surface area contributed by atoms with Crippen molar-refractivity contribution < 1.29 is 38.1 Å². The fraction of sp³-hybridized carbons (Fsp3) is 0.458. The number of hydrogen-bond donors (Lipinski definition) is 2. The summed E-state index contributed by atoms with van der Waals surface area (Å²) < 4.78 is 24.9. The van der Waals surface area contributed by atoms with Gasteiger partial charge in [-0.25, -0.2) is 28.5 Å². The summed E-state index contributed by atoms with van der Waals surface area (Å²) in [5, 5.41) is 23.2. The van der Waals surface area contributed by atoms with Gasteiger partial charge < -0.3 is 29.6 Å². The van der Waals surface area contributed by atoms with Gasteiger partial charge >= 0.3 is 23.9 Å². The van der Waals surface area contributed by atoms with E-state index in [2.05, 4.69) is 55.5 Å². The molecule has 0 spiro atoms. The van der Waals surface area contributed by atoms with Gasteiger partial charge in [0.25, 0.3) is 0 Å². The third kappa shape index (κ3) is 14.9. The number of aromatic nitrogens is 6. The SMILES string of the molecule is CC(C)(C)OC(=O)c1nnn(Cc2ccc(CNCc3ccc(CNCc4ccc(Cn5nnc(C(=O)OC(C)(C)C)c5C(=O)OC(C)(C)C)cc4)cc3)cc2)c1C(=O)OC(C)(C)C. The molecule has 0 bridgehead atoms. The highest BCUT2D eigenvalue weighted by Gasteiger charge is 2.34. The Bertz CT molecular complexity index is 2220. The van der Waals surface area contributed by atoms with E-state index in [1.54, 1.807) is 83.1 Å². The lowest BCUT2D eigenvalue weighted by molar-refractivity contribution is 0.000757. The van der Waals surface area contributed by atoms with Crippen molar-refractivity contribution in [3.05, 3.63) is 129 Å². The number of nitrogens with one attached hydrogen (secondary N) is 2. The molecule has 342 valence electrons. The molecule has 5 rings (SSSR count). The molecule has 0 radical (unpaired) electrons. The topological polar surface area (TPSA) is 191 Å². The summed E-state index contributed by atoms with van der Waals surface area (Å²) in [7, 11) is 0. The number of carbonyl (C=O) groups is 4. The number of nitrogens with zero attached hydrogens (tertiary/aromatic N) is 6. The molecule has 16 heteroatoms. The van der Waals surface area contributed by atoms with Crippen LogP contribution in [0.1, 0.15) is 158 Å². The zero-order chi connectivity index (χ0) is 47.0. The lowest BCUT2D eigenvalue weighted by Gasteiger charge is -2.21. The van der Waals surface area contributed by atoms with Crippen LogP contribution < -0.4 is 10.6 Å². The van der Waals surface area contributed by atoms with Gasteiger partial charge in [0.1, 0.15) is 22.4 Å². The zero-order valence-corrected chi connectivity index (χ0v) is 39.1. The molecule has 0 saturated heterocycles. The molecule has 0 amide bonds. The van der Waals surface area contributed by atoms with Crippen molar-refractivity contribution in [3.8, 4) is 0 Å². The van der Waals surface area contributed by atoms with Crippen molar-refractivity contribution in [2.75, 3.05) is 0 Å². The van der Waals surface area contributed by atoms with Crippen molar-refractivity contribution in [2.45, 2.75) is 145 Å². The van der Waals surface area contributed by atoms with Crippen LogP contribution in [0.25, 0.3) is 0 Å². The van der Waals surface area contributed by atoms with Crippen molar-refractivity contribution in [2.24, 2.45) is 0 Å². The minimum atomic E-state index is -0.787. The summed E-state index contributed by atoms with van der Waals surface area (Å²) in [6.45, 7) is 24.0. The van der Waals surface area contributed by atoms with Crippen LogP contribution >= 0.6 is 0 Å². The standard InChI is InChI=1S/C48H62N8O8/c1-45(2,3)61-41(57)37-39(43(59)63-47(7,8)9)55(53-51-37)29-35-21-17-33(18-22-35)27-49-25-31-13-15-32(16-14-31)26-50-28-34-19-23-36(24-20-34)30-56-40(44(60)64-48(10,11)12)38(52-54-56)42(58)62-46(4,5)6/h13-24,49-50H,25-30H2,1-12H3. The Morgan fingerprint density at radius 1 is 0.406 bits per heavy atom. The maximum atomic E-state index is 13.2. The first-order valence-corrected chi connectivity index (χ1v) is 21.3. The van der Waals surface area contributed by atoms with E-state index in [1.165, 1.54) is 9.36 Å². The van der Waals surface area contributed by atoms with Crippen LogP contribution in [0.4, 0.5) is 0 Å². The molecular weight excluding hydrogens is 817 g/mol. The highest BCUT2D eigenvalue weighted by molar-refractivity contribution is 6.01. The third-order valence-corrected chi connectivity index (χ3v) is 8.89. The molecule has 2 heterocycles. The highest BCUT2D eigenvalue weighted by Crippen LogP contribution is 2.21. The second-order valence-electron chi connectivity index (χ2n) is 19.6. The molecule has 5 aromatic rings. The summed E-state index contributed by atoms with van der Waals surface area (Å²) >= 11 is 0. The van der Waals surface area contributed by atoms with Crippen LogP contribution in [-0.4, -0.2) is 76.3 Å². The van der Waals surface area contributed by atoms with Crippen LogP contribution in [0.3, 0.4) is 0 Å². The summed E-state index contributed by atoms with van der Waals surface area (Å²) in [5.74, 6) is -2.90. The molecule has 0 fully saturated rings. The number of rotatable bonds is 16. The molecule has 0 aliphatic rings. The second-order valence-corrected chi connectivity index (χ2v) is 19.6. The Hall–Kier alpha value is -6.26.